The number of benzene rings is 2. The second kappa shape index (κ2) is 7.08. The van der Waals surface area contributed by atoms with Crippen molar-refractivity contribution < 1.29 is 9.47 Å². The number of para-hydroxylation sites is 1. The number of hydrogen-bond donors (Lipinski definition) is 2. The summed E-state index contributed by atoms with van der Waals surface area (Å²) in [5.41, 5.74) is 2.00. The van der Waals surface area contributed by atoms with Gasteiger partial charge in [0.2, 0.25) is 0 Å². The average molecular weight is 380 g/mol. The molecule has 8 heteroatoms. The maximum Gasteiger partial charge on any atom is 0.347 e. The number of fused-ring (bicyclic) bond motifs is 1. The van der Waals surface area contributed by atoms with Crippen molar-refractivity contribution in [2.24, 2.45) is 0 Å². The molecule has 4 rings (SSSR count). The van der Waals surface area contributed by atoms with Gasteiger partial charge in [-0.25, -0.2) is 9.78 Å². The third-order valence-electron chi connectivity index (χ3n) is 4.05. The lowest BCUT2D eigenvalue weighted by Gasteiger charge is -2.08. The number of aromatic nitrogens is 3. The molecule has 0 amide bonds. The van der Waals surface area contributed by atoms with E-state index in [1.54, 1.807) is 14.2 Å². The van der Waals surface area contributed by atoms with Gasteiger partial charge in [-0.3, -0.25) is 0 Å². The van der Waals surface area contributed by atoms with E-state index in [1.807, 2.05) is 47.8 Å². The minimum absolute atomic E-state index is 0.409. The summed E-state index contributed by atoms with van der Waals surface area (Å²) in [4.78, 5) is 23.2. The molecule has 0 saturated heterocycles. The summed E-state index contributed by atoms with van der Waals surface area (Å²) >= 11 is 1.43. The van der Waals surface area contributed by atoms with Crippen LogP contribution in [0.15, 0.2) is 52.6 Å². The first kappa shape index (κ1) is 17.0. The van der Waals surface area contributed by atoms with Crippen molar-refractivity contribution in [3.8, 4) is 22.8 Å². The highest BCUT2D eigenvalue weighted by Crippen LogP contribution is 2.34. The fourth-order valence-electron chi connectivity index (χ4n) is 2.76. The third-order valence-corrected chi connectivity index (χ3v) is 4.80. The van der Waals surface area contributed by atoms with Gasteiger partial charge < -0.3 is 19.8 Å². The lowest BCUT2D eigenvalue weighted by molar-refractivity contribution is 0.355. The highest BCUT2D eigenvalue weighted by atomic mass is 32.1. The van der Waals surface area contributed by atoms with E-state index in [4.69, 9.17) is 9.47 Å². The largest absolute Gasteiger partial charge is 0.493 e. The minimum atomic E-state index is -0.409. The maximum atomic E-state index is 11.8. The van der Waals surface area contributed by atoms with Crippen LogP contribution < -0.4 is 20.5 Å². The summed E-state index contributed by atoms with van der Waals surface area (Å²) in [6.45, 7) is 0. The van der Waals surface area contributed by atoms with Gasteiger partial charge >= 0.3 is 5.69 Å². The molecule has 2 aromatic carbocycles. The van der Waals surface area contributed by atoms with Crippen molar-refractivity contribution in [2.75, 3.05) is 19.5 Å². The van der Waals surface area contributed by atoms with Crippen molar-refractivity contribution in [1.82, 2.24) is 15.0 Å². The Kier molecular flexibility index (Phi) is 4.47. The molecule has 0 spiro atoms. The quantitative estimate of drug-likeness (QED) is 0.547. The van der Waals surface area contributed by atoms with Gasteiger partial charge in [-0.2, -0.15) is 4.98 Å². The molecule has 0 saturated carbocycles. The van der Waals surface area contributed by atoms with Crippen molar-refractivity contribution in [3.05, 3.63) is 58.3 Å². The number of anilines is 2. The molecule has 0 aliphatic carbocycles. The molecule has 2 N–H and O–H groups in total. The summed E-state index contributed by atoms with van der Waals surface area (Å²) in [7, 11) is 3.20. The number of rotatable bonds is 5. The molecule has 0 aliphatic rings. The molecule has 4 aromatic rings. The fourth-order valence-corrected chi connectivity index (χ4v) is 3.48. The molecular formula is C19H16N4O3S. The molecular weight excluding hydrogens is 364 g/mol. The summed E-state index contributed by atoms with van der Waals surface area (Å²) in [6, 6.07) is 13.1. The molecule has 0 aliphatic heterocycles. The van der Waals surface area contributed by atoms with Gasteiger partial charge in [-0.1, -0.05) is 12.1 Å². The molecule has 0 bridgehead atoms. The van der Waals surface area contributed by atoms with Gasteiger partial charge in [0.15, 0.2) is 16.6 Å². The zero-order chi connectivity index (χ0) is 18.8. The van der Waals surface area contributed by atoms with Crippen LogP contribution in [-0.4, -0.2) is 29.2 Å². The zero-order valence-electron chi connectivity index (χ0n) is 14.6. The SMILES string of the molecule is COc1ccc(-c2csc(Nc3nc(=O)[nH]c4ccccc34)n2)cc1OC. The van der Waals surface area contributed by atoms with Gasteiger partial charge in [-0.15, -0.1) is 11.3 Å². The highest BCUT2D eigenvalue weighted by Gasteiger charge is 2.11. The molecule has 2 aromatic heterocycles. The molecule has 0 unspecified atom stereocenters. The van der Waals surface area contributed by atoms with E-state index in [-0.39, 0.29) is 0 Å². The number of nitrogens with one attached hydrogen (secondary N) is 2. The topological polar surface area (TPSA) is 89.1 Å². The van der Waals surface area contributed by atoms with Crippen LogP contribution in [0.3, 0.4) is 0 Å². The van der Waals surface area contributed by atoms with E-state index < -0.39 is 5.69 Å². The Morgan fingerprint density at radius 2 is 1.85 bits per heavy atom. The Morgan fingerprint density at radius 3 is 2.67 bits per heavy atom. The Morgan fingerprint density at radius 1 is 1.04 bits per heavy atom. The summed E-state index contributed by atoms with van der Waals surface area (Å²) in [5, 5.41) is 6.54. The normalized spacial score (nSPS) is 10.7. The molecule has 0 atom stereocenters. The van der Waals surface area contributed by atoms with Crippen LogP contribution in [0, 0.1) is 0 Å². The van der Waals surface area contributed by atoms with Crippen molar-refractivity contribution in [3.63, 3.8) is 0 Å². The fraction of sp³-hybridized carbons (Fsp3) is 0.105. The maximum absolute atomic E-state index is 11.8. The Labute approximate surface area is 158 Å². The Hall–Kier alpha value is -3.39. The van der Waals surface area contributed by atoms with Crippen LogP contribution in [0.25, 0.3) is 22.2 Å². The van der Waals surface area contributed by atoms with Crippen molar-refractivity contribution >= 4 is 33.2 Å². The van der Waals surface area contributed by atoms with Crippen LogP contribution in [0.5, 0.6) is 11.5 Å². The Bertz CT molecular complexity index is 1170. The summed E-state index contributed by atoms with van der Waals surface area (Å²) in [5.74, 6) is 1.77. The molecule has 0 radical (unpaired) electrons. The number of H-pyrrole nitrogens is 1. The summed E-state index contributed by atoms with van der Waals surface area (Å²) in [6.07, 6.45) is 0. The zero-order valence-corrected chi connectivity index (χ0v) is 15.5. The predicted octanol–water partition coefficient (Wildman–Crippen LogP) is 3.81. The minimum Gasteiger partial charge on any atom is -0.493 e. The van der Waals surface area contributed by atoms with Gasteiger partial charge in [0.25, 0.3) is 0 Å². The van der Waals surface area contributed by atoms with E-state index >= 15 is 0 Å². The highest BCUT2D eigenvalue weighted by molar-refractivity contribution is 7.14. The van der Waals surface area contributed by atoms with Crippen LogP contribution in [0.4, 0.5) is 10.9 Å². The molecule has 27 heavy (non-hydrogen) atoms. The smallest absolute Gasteiger partial charge is 0.347 e. The second-order valence-corrected chi connectivity index (χ2v) is 6.53. The van der Waals surface area contributed by atoms with Crippen LogP contribution in [0.1, 0.15) is 0 Å². The van der Waals surface area contributed by atoms with E-state index in [9.17, 15) is 4.79 Å². The van der Waals surface area contributed by atoms with E-state index in [2.05, 4.69) is 20.3 Å². The molecule has 0 fully saturated rings. The van der Waals surface area contributed by atoms with Crippen LogP contribution in [0.2, 0.25) is 0 Å². The monoisotopic (exact) mass is 380 g/mol. The third kappa shape index (κ3) is 3.34. The lowest BCUT2D eigenvalue weighted by Crippen LogP contribution is -2.12. The number of hydrogen-bond acceptors (Lipinski definition) is 7. The first-order valence-corrected chi connectivity index (χ1v) is 9.00. The second-order valence-electron chi connectivity index (χ2n) is 5.67. The average Bonchev–Trinajstić information content (AvgIpc) is 3.15. The van der Waals surface area contributed by atoms with E-state index in [1.165, 1.54) is 11.3 Å². The van der Waals surface area contributed by atoms with Gasteiger partial charge in [0.1, 0.15) is 5.82 Å². The Balaban J connectivity index is 1.67. The van der Waals surface area contributed by atoms with E-state index in [0.717, 1.165) is 22.2 Å². The van der Waals surface area contributed by atoms with Crippen molar-refractivity contribution in [1.29, 1.82) is 0 Å². The number of nitrogens with zero attached hydrogens (tertiary/aromatic N) is 2. The number of ether oxygens (including phenoxy) is 2. The van der Waals surface area contributed by atoms with Crippen LogP contribution in [-0.2, 0) is 0 Å². The van der Waals surface area contributed by atoms with E-state index in [0.29, 0.717) is 22.4 Å². The van der Waals surface area contributed by atoms with Gasteiger partial charge in [0.05, 0.1) is 25.4 Å². The number of methoxy groups -OCH3 is 2. The van der Waals surface area contributed by atoms with Crippen molar-refractivity contribution in [2.45, 2.75) is 0 Å². The van der Waals surface area contributed by atoms with Gasteiger partial charge in [-0.05, 0) is 30.3 Å². The number of thiazole rings is 1. The summed E-state index contributed by atoms with van der Waals surface area (Å²) < 4.78 is 10.6. The first-order valence-electron chi connectivity index (χ1n) is 8.12. The molecule has 136 valence electrons. The van der Waals surface area contributed by atoms with Gasteiger partial charge in [0, 0.05) is 16.3 Å². The van der Waals surface area contributed by atoms with Crippen LogP contribution >= 0.6 is 11.3 Å². The first-order chi connectivity index (χ1) is 13.2. The standard InChI is InChI=1S/C19H16N4O3S/c1-25-15-8-7-11(9-16(15)26-2)14-10-27-19(21-14)23-17-12-5-3-4-6-13(12)20-18(24)22-17/h3-10H,1-2H3,(H2,20,21,22,23,24). The predicted molar refractivity (Wildman–Crippen MR) is 106 cm³/mol. The molecule has 2 heterocycles. The number of aromatic amines is 1. The molecule has 7 nitrogen and oxygen atoms in total. The lowest BCUT2D eigenvalue weighted by atomic mass is 10.1.